The van der Waals surface area contributed by atoms with Crippen LogP contribution in [0.3, 0.4) is 0 Å². The Morgan fingerprint density at radius 3 is 2.58 bits per heavy atom. The Hall–Kier alpha value is -2.78. The first-order chi connectivity index (χ1) is 11.9. The molecular formula is C16H18ClN5O3S. The highest BCUT2D eigenvalue weighted by Crippen LogP contribution is 2.30. The summed E-state index contributed by atoms with van der Waals surface area (Å²) < 4.78 is 32.5. The molecule has 0 radical (unpaired) electrons. The summed E-state index contributed by atoms with van der Waals surface area (Å²) in [7, 11) is -1.93. The smallest absolute Gasteiger partial charge is 0.229 e. The van der Waals surface area contributed by atoms with E-state index in [1.165, 1.54) is 7.11 Å². The molecule has 2 heterocycles. The number of nitrogens with two attached hydrogens (primary N) is 1. The van der Waals surface area contributed by atoms with Gasteiger partial charge in [0.2, 0.25) is 10.0 Å². The molecule has 0 unspecified atom stereocenters. The van der Waals surface area contributed by atoms with Crippen molar-refractivity contribution in [3.8, 4) is 22.8 Å². The van der Waals surface area contributed by atoms with Gasteiger partial charge in [0.25, 0.3) is 0 Å². The van der Waals surface area contributed by atoms with Gasteiger partial charge in [-0.25, -0.2) is 18.4 Å². The molecule has 0 bridgehead atoms. The zero-order valence-electron chi connectivity index (χ0n) is 14.1. The van der Waals surface area contributed by atoms with E-state index >= 15 is 0 Å². The van der Waals surface area contributed by atoms with Gasteiger partial charge in [0.1, 0.15) is 17.4 Å². The van der Waals surface area contributed by atoms with Gasteiger partial charge >= 0.3 is 0 Å². The van der Waals surface area contributed by atoms with E-state index in [0.717, 1.165) is 17.5 Å². The summed E-state index contributed by atoms with van der Waals surface area (Å²) in [5.74, 6) is 1.48. The Balaban J connectivity index is 0.00000243. The summed E-state index contributed by atoms with van der Waals surface area (Å²) >= 11 is 0. The third-order valence-corrected chi connectivity index (χ3v) is 4.03. The topological polar surface area (TPSA) is 112 Å². The van der Waals surface area contributed by atoms with E-state index in [9.17, 15) is 8.42 Å². The molecule has 0 saturated carbocycles. The van der Waals surface area contributed by atoms with Gasteiger partial charge in [-0.15, -0.1) is 12.4 Å². The van der Waals surface area contributed by atoms with Gasteiger partial charge in [0.15, 0.2) is 0 Å². The van der Waals surface area contributed by atoms with Crippen LogP contribution in [0.25, 0.3) is 17.1 Å². The van der Waals surface area contributed by atoms with Crippen molar-refractivity contribution in [1.82, 2.24) is 14.5 Å². The summed E-state index contributed by atoms with van der Waals surface area (Å²) in [4.78, 5) is 8.35. The summed E-state index contributed by atoms with van der Waals surface area (Å²) in [5, 5.41) is 0. The van der Waals surface area contributed by atoms with Gasteiger partial charge in [-0.05, 0) is 24.3 Å². The van der Waals surface area contributed by atoms with Gasteiger partial charge in [-0.3, -0.25) is 9.29 Å². The zero-order chi connectivity index (χ0) is 18.0. The SMILES string of the molecule is COc1cc(-n2ccnc2-c2ccnc(N)c2)ccc1NS(C)(=O)=O.Cl. The number of methoxy groups -OCH3 is 1. The van der Waals surface area contributed by atoms with Crippen molar-refractivity contribution in [2.24, 2.45) is 0 Å². The van der Waals surface area contributed by atoms with Crippen molar-refractivity contribution in [2.45, 2.75) is 0 Å². The molecule has 0 saturated heterocycles. The van der Waals surface area contributed by atoms with Gasteiger partial charge < -0.3 is 10.5 Å². The van der Waals surface area contributed by atoms with Gasteiger partial charge in [0, 0.05) is 30.2 Å². The number of halogens is 1. The summed E-state index contributed by atoms with van der Waals surface area (Å²) in [6.07, 6.45) is 6.16. The number of anilines is 2. The van der Waals surface area contributed by atoms with E-state index in [1.54, 1.807) is 42.9 Å². The first kappa shape index (κ1) is 19.5. The van der Waals surface area contributed by atoms with Crippen LogP contribution in [0.2, 0.25) is 0 Å². The minimum absolute atomic E-state index is 0. The number of hydrogen-bond acceptors (Lipinski definition) is 6. The average Bonchev–Trinajstić information content (AvgIpc) is 3.03. The van der Waals surface area contributed by atoms with Crippen molar-refractivity contribution in [2.75, 3.05) is 23.8 Å². The molecule has 0 aliphatic rings. The van der Waals surface area contributed by atoms with E-state index in [4.69, 9.17) is 10.5 Å². The zero-order valence-corrected chi connectivity index (χ0v) is 15.7. The van der Waals surface area contributed by atoms with Gasteiger partial charge in [0.05, 0.1) is 24.7 Å². The predicted molar refractivity (Wildman–Crippen MR) is 103 cm³/mol. The third kappa shape index (κ3) is 4.24. The van der Waals surface area contributed by atoms with Crippen LogP contribution in [0.1, 0.15) is 0 Å². The molecule has 8 nitrogen and oxygen atoms in total. The Morgan fingerprint density at radius 2 is 1.92 bits per heavy atom. The molecular weight excluding hydrogens is 378 g/mol. The fourth-order valence-corrected chi connectivity index (χ4v) is 2.99. The molecule has 10 heteroatoms. The molecule has 3 rings (SSSR count). The van der Waals surface area contributed by atoms with Gasteiger partial charge in [-0.2, -0.15) is 0 Å². The molecule has 3 N–H and O–H groups in total. The Bertz CT molecular complexity index is 1020. The predicted octanol–water partition coefficient (Wildman–Crippen LogP) is 2.32. The van der Waals surface area contributed by atoms with Gasteiger partial charge in [-0.1, -0.05) is 0 Å². The van der Waals surface area contributed by atoms with E-state index in [-0.39, 0.29) is 12.4 Å². The van der Waals surface area contributed by atoms with E-state index in [0.29, 0.717) is 23.1 Å². The number of ether oxygens (including phenoxy) is 1. The number of hydrogen-bond donors (Lipinski definition) is 2. The quantitative estimate of drug-likeness (QED) is 0.685. The average molecular weight is 396 g/mol. The van der Waals surface area contributed by atoms with E-state index in [1.807, 2.05) is 10.6 Å². The molecule has 0 amide bonds. The monoisotopic (exact) mass is 395 g/mol. The second-order valence-corrected chi connectivity index (χ2v) is 7.10. The highest BCUT2D eigenvalue weighted by molar-refractivity contribution is 7.92. The Labute approximate surface area is 157 Å². The molecule has 0 aliphatic heterocycles. The van der Waals surface area contributed by atoms with Crippen LogP contribution in [0.5, 0.6) is 5.75 Å². The lowest BCUT2D eigenvalue weighted by molar-refractivity contribution is 0.416. The second kappa shape index (κ2) is 7.63. The molecule has 0 spiro atoms. The van der Waals surface area contributed by atoms with E-state index in [2.05, 4.69) is 14.7 Å². The second-order valence-electron chi connectivity index (χ2n) is 5.35. The molecule has 1 aromatic carbocycles. The van der Waals surface area contributed by atoms with Crippen LogP contribution in [0.4, 0.5) is 11.5 Å². The third-order valence-electron chi connectivity index (χ3n) is 3.44. The maximum atomic E-state index is 11.5. The molecule has 2 aromatic heterocycles. The standard InChI is InChI=1S/C16H17N5O3S.ClH/c1-24-14-10-12(3-4-13(14)20-25(2,22)23)21-8-7-19-16(21)11-5-6-18-15(17)9-11;/h3-10,20H,1-2H3,(H2,17,18);1H. The first-order valence-corrected chi connectivity index (χ1v) is 9.18. The van der Waals surface area contributed by atoms with Crippen molar-refractivity contribution >= 4 is 33.9 Å². The Kier molecular flexibility index (Phi) is 5.73. The molecule has 0 aliphatic carbocycles. The van der Waals surface area contributed by atoms with Crippen LogP contribution in [-0.4, -0.2) is 36.3 Å². The highest BCUT2D eigenvalue weighted by atomic mass is 35.5. The van der Waals surface area contributed by atoms with Crippen molar-refractivity contribution < 1.29 is 13.2 Å². The minimum Gasteiger partial charge on any atom is -0.494 e. The van der Waals surface area contributed by atoms with Crippen molar-refractivity contribution in [1.29, 1.82) is 0 Å². The number of rotatable bonds is 5. The van der Waals surface area contributed by atoms with Crippen LogP contribution < -0.4 is 15.2 Å². The molecule has 3 aromatic rings. The number of imidazole rings is 1. The largest absolute Gasteiger partial charge is 0.494 e. The summed E-state index contributed by atoms with van der Waals surface area (Å²) in [6, 6.07) is 8.68. The van der Waals surface area contributed by atoms with Crippen LogP contribution in [0.15, 0.2) is 48.9 Å². The number of sulfonamides is 1. The van der Waals surface area contributed by atoms with Crippen LogP contribution in [-0.2, 0) is 10.0 Å². The number of benzene rings is 1. The minimum atomic E-state index is -3.40. The number of nitrogens with one attached hydrogen (secondary N) is 1. The molecule has 0 fully saturated rings. The fourth-order valence-electron chi connectivity index (χ4n) is 2.43. The lowest BCUT2D eigenvalue weighted by Crippen LogP contribution is -2.10. The van der Waals surface area contributed by atoms with Crippen molar-refractivity contribution in [3.63, 3.8) is 0 Å². The summed E-state index contributed by atoms with van der Waals surface area (Å²) in [5.41, 5.74) is 7.69. The lowest BCUT2D eigenvalue weighted by atomic mass is 10.2. The fraction of sp³-hybridized carbons (Fsp3) is 0.125. The van der Waals surface area contributed by atoms with Crippen molar-refractivity contribution in [3.05, 3.63) is 48.9 Å². The van der Waals surface area contributed by atoms with Crippen LogP contribution in [0, 0.1) is 0 Å². The maximum absolute atomic E-state index is 11.5. The Morgan fingerprint density at radius 1 is 1.15 bits per heavy atom. The number of pyridine rings is 1. The lowest BCUT2D eigenvalue weighted by Gasteiger charge is -2.13. The molecule has 138 valence electrons. The first-order valence-electron chi connectivity index (χ1n) is 7.29. The maximum Gasteiger partial charge on any atom is 0.229 e. The molecule has 0 atom stereocenters. The number of nitrogens with zero attached hydrogens (tertiary/aromatic N) is 3. The number of aromatic nitrogens is 3. The normalized spacial score (nSPS) is 10.8. The molecule has 26 heavy (non-hydrogen) atoms. The van der Waals surface area contributed by atoms with Crippen LogP contribution >= 0.6 is 12.4 Å². The highest BCUT2D eigenvalue weighted by Gasteiger charge is 2.13. The summed E-state index contributed by atoms with van der Waals surface area (Å²) in [6.45, 7) is 0. The number of nitrogen functional groups attached to an aromatic ring is 1. The van der Waals surface area contributed by atoms with E-state index < -0.39 is 10.0 Å².